The van der Waals surface area contributed by atoms with Crippen LogP contribution in [0, 0.1) is 5.41 Å². The molecular formula is C10H21N3. The number of likely N-dealkylation sites (N-methyl/N-ethyl adjacent to an activating group) is 1. The van der Waals surface area contributed by atoms with Crippen LogP contribution in [0.3, 0.4) is 0 Å². The highest BCUT2D eigenvalue weighted by atomic mass is 15.2. The van der Waals surface area contributed by atoms with Gasteiger partial charge in [0, 0.05) is 20.1 Å². The predicted molar refractivity (Wildman–Crippen MR) is 56.3 cm³/mol. The summed E-state index contributed by atoms with van der Waals surface area (Å²) >= 11 is 0. The second-order valence-electron chi connectivity index (χ2n) is 3.91. The van der Waals surface area contributed by atoms with Crippen LogP contribution in [0.15, 0.2) is 0 Å². The van der Waals surface area contributed by atoms with Crippen molar-refractivity contribution >= 4 is 5.84 Å². The number of amidine groups is 1. The average molecular weight is 183 g/mol. The van der Waals surface area contributed by atoms with Crippen molar-refractivity contribution in [2.24, 2.45) is 0 Å². The van der Waals surface area contributed by atoms with Crippen LogP contribution in [0.25, 0.3) is 0 Å². The molecule has 0 atom stereocenters. The topological polar surface area (TPSA) is 30.3 Å². The maximum Gasteiger partial charge on any atom is 0.0923 e. The third kappa shape index (κ3) is 3.77. The molecule has 0 unspecified atom stereocenters. The van der Waals surface area contributed by atoms with E-state index in [4.69, 9.17) is 5.41 Å². The van der Waals surface area contributed by atoms with Gasteiger partial charge in [-0.3, -0.25) is 5.41 Å². The molecule has 1 N–H and O–H groups in total. The molecule has 0 aromatic heterocycles. The minimum Gasteiger partial charge on any atom is -0.363 e. The molecule has 0 radical (unpaired) electrons. The van der Waals surface area contributed by atoms with E-state index in [-0.39, 0.29) is 0 Å². The van der Waals surface area contributed by atoms with E-state index in [1.807, 2.05) is 18.9 Å². The number of piperidine rings is 1. The summed E-state index contributed by atoms with van der Waals surface area (Å²) in [4.78, 5) is 4.51. The van der Waals surface area contributed by atoms with Crippen LogP contribution in [0.4, 0.5) is 0 Å². The molecule has 0 aromatic carbocycles. The van der Waals surface area contributed by atoms with Gasteiger partial charge < -0.3 is 9.80 Å². The zero-order valence-corrected chi connectivity index (χ0v) is 8.84. The van der Waals surface area contributed by atoms with Crippen LogP contribution < -0.4 is 0 Å². The quantitative estimate of drug-likeness (QED) is 0.529. The van der Waals surface area contributed by atoms with Gasteiger partial charge in [0.2, 0.25) is 0 Å². The molecule has 1 aliphatic rings. The van der Waals surface area contributed by atoms with Crippen LogP contribution in [0.5, 0.6) is 0 Å². The minimum absolute atomic E-state index is 0.664. The van der Waals surface area contributed by atoms with Crippen molar-refractivity contribution < 1.29 is 0 Å². The molecule has 0 aliphatic carbocycles. The maximum absolute atomic E-state index is 7.43. The van der Waals surface area contributed by atoms with Crippen LogP contribution >= 0.6 is 0 Å². The summed E-state index contributed by atoms with van der Waals surface area (Å²) in [6.07, 6.45) is 4.11. The molecule has 13 heavy (non-hydrogen) atoms. The van der Waals surface area contributed by atoms with Gasteiger partial charge in [-0.05, 0) is 32.9 Å². The molecule has 76 valence electrons. The Kier molecular flexibility index (Phi) is 4.22. The number of nitrogens with one attached hydrogen (secondary N) is 1. The monoisotopic (exact) mass is 183 g/mol. The fourth-order valence-electron chi connectivity index (χ4n) is 1.64. The smallest absolute Gasteiger partial charge is 0.0923 e. The summed E-state index contributed by atoms with van der Waals surface area (Å²) in [5, 5.41) is 7.43. The molecule has 1 heterocycles. The summed E-state index contributed by atoms with van der Waals surface area (Å²) in [5.74, 6) is 0.664. The Labute approximate surface area is 81.2 Å². The summed E-state index contributed by atoms with van der Waals surface area (Å²) < 4.78 is 0. The third-order valence-corrected chi connectivity index (χ3v) is 2.77. The lowest BCUT2D eigenvalue weighted by molar-refractivity contribution is 0.216. The first-order valence-corrected chi connectivity index (χ1v) is 5.19. The van der Waals surface area contributed by atoms with Gasteiger partial charge in [-0.1, -0.05) is 6.42 Å². The lowest BCUT2D eigenvalue weighted by Gasteiger charge is -2.28. The molecule has 3 heteroatoms. The number of rotatable bonds is 3. The predicted octanol–water partition coefficient (Wildman–Crippen LogP) is 1.40. The van der Waals surface area contributed by atoms with Crippen molar-refractivity contribution in [3.63, 3.8) is 0 Å². The molecule has 1 saturated heterocycles. The second kappa shape index (κ2) is 5.22. The third-order valence-electron chi connectivity index (χ3n) is 2.77. The van der Waals surface area contributed by atoms with E-state index in [2.05, 4.69) is 4.90 Å². The summed E-state index contributed by atoms with van der Waals surface area (Å²) in [7, 11) is 1.99. The Morgan fingerprint density at radius 2 is 1.92 bits per heavy atom. The standard InChI is InChI=1S/C10H21N3/c1-10(11)12(2)8-9-13-6-4-3-5-7-13/h11H,3-9H2,1-2H3. The Morgan fingerprint density at radius 1 is 1.31 bits per heavy atom. The van der Waals surface area contributed by atoms with E-state index < -0.39 is 0 Å². The average Bonchev–Trinajstić information content (AvgIpc) is 2.15. The largest absolute Gasteiger partial charge is 0.363 e. The molecule has 0 aromatic rings. The van der Waals surface area contributed by atoms with Crippen LogP contribution in [-0.2, 0) is 0 Å². The second-order valence-corrected chi connectivity index (χ2v) is 3.91. The Hall–Kier alpha value is -0.570. The molecule has 1 rings (SSSR count). The van der Waals surface area contributed by atoms with Crippen molar-refractivity contribution in [2.75, 3.05) is 33.2 Å². The summed E-state index contributed by atoms with van der Waals surface area (Å²) in [6.45, 7) is 6.47. The fourth-order valence-corrected chi connectivity index (χ4v) is 1.64. The minimum atomic E-state index is 0.664. The molecule has 0 bridgehead atoms. The molecule has 1 aliphatic heterocycles. The maximum atomic E-state index is 7.43. The van der Waals surface area contributed by atoms with Gasteiger partial charge in [-0.15, -0.1) is 0 Å². The molecular weight excluding hydrogens is 162 g/mol. The molecule has 3 nitrogen and oxygen atoms in total. The highest BCUT2D eigenvalue weighted by molar-refractivity contribution is 5.75. The summed E-state index contributed by atoms with van der Waals surface area (Å²) in [6, 6.07) is 0. The number of hydrogen-bond donors (Lipinski definition) is 1. The molecule has 1 fully saturated rings. The van der Waals surface area contributed by atoms with E-state index in [9.17, 15) is 0 Å². The van der Waals surface area contributed by atoms with Crippen LogP contribution in [-0.4, -0.2) is 48.9 Å². The lowest BCUT2D eigenvalue weighted by Crippen LogP contribution is -2.37. The van der Waals surface area contributed by atoms with Crippen molar-refractivity contribution in [2.45, 2.75) is 26.2 Å². The Morgan fingerprint density at radius 3 is 2.46 bits per heavy atom. The van der Waals surface area contributed by atoms with Crippen LogP contribution in [0.1, 0.15) is 26.2 Å². The fraction of sp³-hybridized carbons (Fsp3) is 0.900. The van der Waals surface area contributed by atoms with Crippen molar-refractivity contribution in [3.8, 4) is 0 Å². The number of nitrogens with zero attached hydrogens (tertiary/aromatic N) is 2. The van der Waals surface area contributed by atoms with Crippen molar-refractivity contribution in [3.05, 3.63) is 0 Å². The van der Waals surface area contributed by atoms with Gasteiger partial charge in [0.15, 0.2) is 0 Å². The highest BCUT2D eigenvalue weighted by Crippen LogP contribution is 2.07. The lowest BCUT2D eigenvalue weighted by atomic mass is 10.1. The van der Waals surface area contributed by atoms with Gasteiger partial charge in [0.05, 0.1) is 5.84 Å². The van der Waals surface area contributed by atoms with Crippen LogP contribution in [0.2, 0.25) is 0 Å². The molecule has 0 spiro atoms. The van der Waals surface area contributed by atoms with Gasteiger partial charge in [0.1, 0.15) is 0 Å². The van der Waals surface area contributed by atoms with E-state index in [1.165, 1.54) is 32.4 Å². The first-order valence-electron chi connectivity index (χ1n) is 5.19. The first kappa shape index (κ1) is 10.5. The highest BCUT2D eigenvalue weighted by Gasteiger charge is 2.10. The van der Waals surface area contributed by atoms with Gasteiger partial charge in [-0.2, -0.15) is 0 Å². The number of hydrogen-bond acceptors (Lipinski definition) is 2. The zero-order chi connectivity index (χ0) is 9.68. The van der Waals surface area contributed by atoms with E-state index in [1.54, 1.807) is 0 Å². The van der Waals surface area contributed by atoms with E-state index in [0.29, 0.717) is 5.84 Å². The van der Waals surface area contributed by atoms with Gasteiger partial charge in [-0.25, -0.2) is 0 Å². The van der Waals surface area contributed by atoms with Crippen molar-refractivity contribution in [1.82, 2.24) is 9.80 Å². The first-order chi connectivity index (χ1) is 6.20. The summed E-state index contributed by atoms with van der Waals surface area (Å²) in [5.41, 5.74) is 0. The molecule has 0 saturated carbocycles. The number of likely N-dealkylation sites (tertiary alicyclic amines) is 1. The van der Waals surface area contributed by atoms with Crippen molar-refractivity contribution in [1.29, 1.82) is 5.41 Å². The SMILES string of the molecule is CC(=N)N(C)CCN1CCCCC1. The van der Waals surface area contributed by atoms with E-state index in [0.717, 1.165) is 13.1 Å². The Bertz CT molecular complexity index is 162. The van der Waals surface area contributed by atoms with Gasteiger partial charge in [0.25, 0.3) is 0 Å². The normalized spacial score (nSPS) is 18.6. The Balaban J connectivity index is 2.13. The van der Waals surface area contributed by atoms with E-state index >= 15 is 0 Å². The van der Waals surface area contributed by atoms with Gasteiger partial charge >= 0.3 is 0 Å². The molecule has 0 amide bonds. The zero-order valence-electron chi connectivity index (χ0n) is 8.84.